The first-order chi connectivity index (χ1) is 12.2. The van der Waals surface area contributed by atoms with Gasteiger partial charge in [-0.15, -0.1) is 0 Å². The summed E-state index contributed by atoms with van der Waals surface area (Å²) in [6, 6.07) is 9.72. The van der Waals surface area contributed by atoms with Crippen molar-refractivity contribution in [3.63, 3.8) is 0 Å². The number of benzene rings is 1. The second-order valence-electron chi connectivity index (χ2n) is 6.53. The molecule has 0 aromatic heterocycles. The number of carbonyl (C=O) groups excluding carboxylic acids is 1. The third-order valence-corrected chi connectivity index (χ3v) is 5.68. The van der Waals surface area contributed by atoms with Gasteiger partial charge in [-0.05, 0) is 30.4 Å². The third kappa shape index (κ3) is 4.28. The van der Waals surface area contributed by atoms with Gasteiger partial charge in [0.15, 0.2) is 0 Å². The van der Waals surface area contributed by atoms with Crippen molar-refractivity contribution in [2.75, 3.05) is 13.1 Å². The molecule has 0 unspecified atom stereocenters. The maximum Gasteiger partial charge on any atom is 0.410 e. The van der Waals surface area contributed by atoms with E-state index in [4.69, 9.17) is 4.74 Å². The highest BCUT2D eigenvalue weighted by Crippen LogP contribution is 2.32. The number of hydrogen-bond donors (Lipinski definition) is 0. The number of hydrogen-bond acceptors (Lipinski definition) is 3. The number of nitrogens with zero attached hydrogens (tertiary/aromatic N) is 1. The van der Waals surface area contributed by atoms with E-state index >= 15 is 0 Å². The van der Waals surface area contributed by atoms with Crippen molar-refractivity contribution in [2.45, 2.75) is 26.4 Å². The molecule has 132 valence electrons. The van der Waals surface area contributed by atoms with Crippen LogP contribution in [0.3, 0.4) is 0 Å². The molecule has 1 atom stereocenters. The maximum absolute atomic E-state index is 12.2. The van der Waals surface area contributed by atoms with E-state index in [0.717, 1.165) is 23.3 Å². The molecule has 1 aromatic carbocycles. The third-order valence-electron chi connectivity index (χ3n) is 5.00. The predicted octanol–water partition coefficient (Wildman–Crippen LogP) is 3.55. The molecular formula is C20H23NO3S. The molecular weight excluding hydrogens is 334 g/mol. The van der Waals surface area contributed by atoms with Crippen molar-refractivity contribution >= 4 is 22.2 Å². The monoisotopic (exact) mass is 357 g/mol. The van der Waals surface area contributed by atoms with Gasteiger partial charge < -0.3 is 9.64 Å². The second kappa shape index (κ2) is 8.30. The van der Waals surface area contributed by atoms with Crippen LogP contribution in [0.4, 0.5) is 4.79 Å². The fourth-order valence-electron chi connectivity index (χ4n) is 3.50. The molecule has 5 heteroatoms. The van der Waals surface area contributed by atoms with Gasteiger partial charge >= 0.3 is 6.09 Å². The Hall–Kier alpha value is -2.14. The first-order valence-electron chi connectivity index (χ1n) is 8.69. The summed E-state index contributed by atoms with van der Waals surface area (Å²) in [5.74, 6) is 0.620. The summed E-state index contributed by atoms with van der Waals surface area (Å²) in [6.07, 6.45) is 7.61. The number of allylic oxidation sites excluding steroid dienone is 4. The van der Waals surface area contributed by atoms with Gasteiger partial charge in [0.2, 0.25) is 0 Å². The van der Waals surface area contributed by atoms with Crippen LogP contribution in [0.5, 0.6) is 0 Å². The Morgan fingerprint density at radius 3 is 2.64 bits per heavy atom. The molecule has 1 amide bonds. The molecule has 1 fully saturated rings. The Morgan fingerprint density at radius 2 is 1.96 bits per heavy atom. The van der Waals surface area contributed by atoms with Crippen molar-refractivity contribution in [2.24, 2.45) is 11.8 Å². The van der Waals surface area contributed by atoms with Gasteiger partial charge in [-0.1, -0.05) is 55.0 Å². The lowest BCUT2D eigenvalue weighted by atomic mass is 9.79. The molecule has 1 aliphatic carbocycles. The Kier molecular flexibility index (Phi) is 5.87. The summed E-state index contributed by atoms with van der Waals surface area (Å²) < 4.78 is 16.6. The van der Waals surface area contributed by atoms with Gasteiger partial charge in [0, 0.05) is 19.0 Å². The van der Waals surface area contributed by atoms with E-state index < -0.39 is 0 Å². The summed E-state index contributed by atoms with van der Waals surface area (Å²) in [7, 11) is 0. The molecule has 0 saturated carbocycles. The minimum atomic E-state index is -0.241. The first-order valence-corrected chi connectivity index (χ1v) is 9.43. The highest BCUT2D eigenvalue weighted by atomic mass is 32.1. The lowest BCUT2D eigenvalue weighted by molar-refractivity contribution is 0.0844. The van der Waals surface area contributed by atoms with Crippen LogP contribution in [0.15, 0.2) is 54.1 Å². The van der Waals surface area contributed by atoms with Crippen molar-refractivity contribution in [1.29, 1.82) is 0 Å². The second-order valence-corrected chi connectivity index (χ2v) is 7.17. The molecule has 1 aliphatic heterocycles. The van der Waals surface area contributed by atoms with Crippen LogP contribution in [0, 0.1) is 11.8 Å². The Morgan fingerprint density at radius 1 is 1.24 bits per heavy atom. The minimum absolute atomic E-state index is 0.189. The maximum atomic E-state index is 12.2. The molecule has 0 bridgehead atoms. The van der Waals surface area contributed by atoms with E-state index in [2.05, 4.69) is 13.0 Å². The summed E-state index contributed by atoms with van der Waals surface area (Å²) >= 11 is 0.586. The van der Waals surface area contributed by atoms with Crippen molar-refractivity contribution in [1.82, 2.24) is 4.90 Å². The minimum Gasteiger partial charge on any atom is -0.445 e. The van der Waals surface area contributed by atoms with Crippen LogP contribution < -0.4 is 0 Å². The molecule has 4 nitrogen and oxygen atoms in total. The van der Waals surface area contributed by atoms with Gasteiger partial charge in [0.1, 0.15) is 6.61 Å². The van der Waals surface area contributed by atoms with Crippen LogP contribution >= 0.6 is 0 Å². The quantitative estimate of drug-likeness (QED) is 0.777. The molecule has 1 aromatic rings. The normalized spacial score (nSPS) is 21.0. The number of likely N-dealkylation sites (tertiary alicyclic amines) is 1. The Labute approximate surface area is 152 Å². The summed E-state index contributed by atoms with van der Waals surface area (Å²) in [5.41, 5.74) is 2.31. The number of piperidine rings is 1. The predicted molar refractivity (Wildman–Crippen MR) is 100 cm³/mol. The van der Waals surface area contributed by atoms with Crippen LogP contribution in [-0.2, 0) is 22.6 Å². The summed E-state index contributed by atoms with van der Waals surface area (Å²) in [4.78, 5) is 14.9. The zero-order chi connectivity index (χ0) is 17.6. The SMILES string of the molecule is C[C@@H]1C(C2CCN(C(=O)OCc3ccccc3)CC2)=CC=CC1=S=O. The molecule has 25 heavy (non-hydrogen) atoms. The summed E-state index contributed by atoms with van der Waals surface area (Å²) in [5, 5.41) is 0. The Bertz CT molecular complexity index is 727. The van der Waals surface area contributed by atoms with Crippen LogP contribution in [0.1, 0.15) is 25.3 Å². The molecule has 1 saturated heterocycles. The van der Waals surface area contributed by atoms with Crippen molar-refractivity contribution < 1.29 is 13.7 Å². The standard InChI is InChI=1S/C20H23NO3S/c1-15-18(8-5-9-19(15)25-23)17-10-12-21(13-11-17)20(22)24-14-16-6-3-2-4-7-16/h2-9,15,17H,10-14H2,1H3/t15-/m1/s1. The molecule has 1 heterocycles. The first kappa shape index (κ1) is 17.7. The number of ether oxygens (including phenoxy) is 1. The lowest BCUT2D eigenvalue weighted by Crippen LogP contribution is -2.40. The average molecular weight is 357 g/mol. The van der Waals surface area contributed by atoms with Gasteiger partial charge in [0.05, 0.1) is 16.1 Å². The number of amides is 1. The molecule has 0 N–H and O–H groups in total. The highest BCUT2D eigenvalue weighted by molar-refractivity contribution is 7.67. The highest BCUT2D eigenvalue weighted by Gasteiger charge is 2.29. The fourth-order valence-corrected chi connectivity index (χ4v) is 3.92. The van der Waals surface area contributed by atoms with E-state index in [1.54, 1.807) is 4.90 Å². The van der Waals surface area contributed by atoms with Gasteiger partial charge in [0.25, 0.3) is 0 Å². The van der Waals surface area contributed by atoms with Crippen LogP contribution in [0.25, 0.3) is 0 Å². The van der Waals surface area contributed by atoms with Gasteiger partial charge in [-0.25, -0.2) is 9.00 Å². The molecule has 0 spiro atoms. The van der Waals surface area contributed by atoms with E-state index in [1.807, 2.05) is 42.5 Å². The smallest absolute Gasteiger partial charge is 0.410 e. The lowest BCUT2D eigenvalue weighted by Gasteiger charge is -2.34. The van der Waals surface area contributed by atoms with Crippen LogP contribution in [0.2, 0.25) is 0 Å². The number of rotatable bonds is 3. The average Bonchev–Trinajstić information content (AvgIpc) is 2.67. The summed E-state index contributed by atoms with van der Waals surface area (Å²) in [6.45, 7) is 3.81. The van der Waals surface area contributed by atoms with Gasteiger partial charge in [-0.3, -0.25) is 0 Å². The molecule has 3 rings (SSSR count). The van der Waals surface area contributed by atoms with E-state index in [0.29, 0.717) is 36.9 Å². The fraction of sp³-hybridized carbons (Fsp3) is 0.400. The zero-order valence-electron chi connectivity index (χ0n) is 14.4. The molecule has 0 radical (unpaired) electrons. The van der Waals surface area contributed by atoms with Crippen LogP contribution in [-0.4, -0.2) is 33.2 Å². The topological polar surface area (TPSA) is 46.6 Å². The van der Waals surface area contributed by atoms with Gasteiger partial charge in [-0.2, -0.15) is 0 Å². The van der Waals surface area contributed by atoms with E-state index in [1.165, 1.54) is 5.57 Å². The van der Waals surface area contributed by atoms with Crippen molar-refractivity contribution in [3.05, 3.63) is 59.7 Å². The molecule has 2 aliphatic rings. The van der Waals surface area contributed by atoms with E-state index in [9.17, 15) is 9.00 Å². The largest absolute Gasteiger partial charge is 0.445 e. The zero-order valence-corrected chi connectivity index (χ0v) is 15.2. The van der Waals surface area contributed by atoms with E-state index in [-0.39, 0.29) is 12.0 Å². The Balaban J connectivity index is 1.52. The number of carbonyl (C=O) groups is 1. The van der Waals surface area contributed by atoms with Crippen molar-refractivity contribution in [3.8, 4) is 0 Å².